The van der Waals surface area contributed by atoms with Crippen molar-refractivity contribution >= 4 is 42.8 Å². The number of esters is 1. The molecule has 2 aromatic carbocycles. The molecule has 4 rings (SSSR count). The molecule has 0 saturated heterocycles. The number of methoxy groups -OCH3 is 1. The van der Waals surface area contributed by atoms with Gasteiger partial charge in [0.05, 0.1) is 7.11 Å². The van der Waals surface area contributed by atoms with Crippen LogP contribution in [0.5, 0.6) is 0 Å². The highest BCUT2D eigenvalue weighted by Crippen LogP contribution is 2.38. The first-order chi connectivity index (χ1) is 14.1. The van der Waals surface area contributed by atoms with E-state index < -0.39 is 5.97 Å². The van der Waals surface area contributed by atoms with Crippen LogP contribution in [-0.4, -0.2) is 19.0 Å². The third-order valence-corrected chi connectivity index (χ3v) is 6.52. The largest absolute Gasteiger partial charge is 0.465 e. The molecule has 1 aliphatic carbocycles. The summed E-state index contributed by atoms with van der Waals surface area (Å²) in [6, 6.07) is 13.6. The van der Waals surface area contributed by atoms with Crippen LogP contribution in [0.1, 0.15) is 44.7 Å². The molecule has 6 heteroatoms. The van der Waals surface area contributed by atoms with Crippen molar-refractivity contribution in [3.05, 3.63) is 70.1 Å². The molecule has 1 amide bonds. The summed E-state index contributed by atoms with van der Waals surface area (Å²) in [5.74, 6) is -0.700. The normalized spacial score (nSPS) is 12.9. The molecule has 0 saturated carbocycles. The molecule has 29 heavy (non-hydrogen) atoms. The number of amides is 1. The summed E-state index contributed by atoms with van der Waals surface area (Å²) < 4.78 is 5.03. The molecule has 1 N–H and O–H groups in total. The van der Waals surface area contributed by atoms with Gasteiger partial charge < -0.3 is 10.1 Å². The lowest BCUT2D eigenvalue weighted by atomic mass is 9.89. The number of hydrogen-bond donors (Lipinski definition) is 1. The van der Waals surface area contributed by atoms with E-state index in [4.69, 9.17) is 4.74 Å². The Labute approximate surface area is 176 Å². The van der Waals surface area contributed by atoms with Crippen LogP contribution in [0.25, 0.3) is 11.1 Å². The molecular weight excluding hydrogens is 401 g/mol. The molecule has 148 valence electrons. The molecule has 0 bridgehead atoms. The molecule has 3 aromatic rings. The lowest BCUT2D eigenvalue weighted by Gasteiger charge is -2.16. The summed E-state index contributed by atoms with van der Waals surface area (Å²) in [4.78, 5) is 25.2. The van der Waals surface area contributed by atoms with Crippen LogP contribution in [0.3, 0.4) is 0 Å². The SMILES string of the molecule is COC(=O)c1c(-c2ccc3c(c2)CCCC3)csc1NC(=O)c1ccc(P)cc1. The number of aryl methyl sites for hydroxylation is 2. The highest BCUT2D eigenvalue weighted by Gasteiger charge is 2.23. The predicted octanol–water partition coefficient (Wildman–Crippen LogP) is 4.83. The zero-order valence-electron chi connectivity index (χ0n) is 16.2. The third kappa shape index (κ3) is 4.12. The number of carbonyl (C=O) groups is 2. The molecule has 0 spiro atoms. The smallest absolute Gasteiger partial charge is 0.341 e. The first-order valence-corrected chi connectivity index (χ1v) is 11.0. The fourth-order valence-corrected chi connectivity index (χ4v) is 4.82. The summed E-state index contributed by atoms with van der Waals surface area (Å²) in [6.45, 7) is 0. The summed E-state index contributed by atoms with van der Waals surface area (Å²) in [7, 11) is 3.95. The maximum Gasteiger partial charge on any atom is 0.341 e. The highest BCUT2D eigenvalue weighted by molar-refractivity contribution is 7.27. The Hall–Kier alpha value is -2.49. The minimum absolute atomic E-state index is 0.251. The van der Waals surface area contributed by atoms with E-state index in [0.717, 1.165) is 29.3 Å². The predicted molar refractivity (Wildman–Crippen MR) is 121 cm³/mol. The van der Waals surface area contributed by atoms with Gasteiger partial charge in [0.2, 0.25) is 0 Å². The van der Waals surface area contributed by atoms with Crippen LogP contribution in [0.4, 0.5) is 5.00 Å². The van der Waals surface area contributed by atoms with Gasteiger partial charge in [0.1, 0.15) is 10.6 Å². The van der Waals surface area contributed by atoms with Crippen molar-refractivity contribution in [1.29, 1.82) is 0 Å². The monoisotopic (exact) mass is 423 g/mol. The van der Waals surface area contributed by atoms with Gasteiger partial charge in [0.25, 0.3) is 5.91 Å². The molecule has 1 aromatic heterocycles. The fourth-order valence-electron chi connectivity index (χ4n) is 3.68. The number of anilines is 1. The number of thiophene rings is 1. The quantitative estimate of drug-likeness (QED) is 0.483. The van der Waals surface area contributed by atoms with E-state index in [9.17, 15) is 9.59 Å². The van der Waals surface area contributed by atoms with E-state index in [2.05, 4.69) is 32.8 Å². The Bertz CT molecular complexity index is 1070. The maximum absolute atomic E-state index is 12.7. The fraction of sp³-hybridized carbons (Fsp3) is 0.217. The second-order valence-electron chi connectivity index (χ2n) is 7.11. The number of benzene rings is 2. The van der Waals surface area contributed by atoms with Gasteiger partial charge in [-0.1, -0.05) is 30.3 Å². The molecule has 4 nitrogen and oxygen atoms in total. The molecule has 1 atom stereocenters. The number of rotatable bonds is 4. The number of fused-ring (bicyclic) bond motifs is 1. The first kappa shape index (κ1) is 19.8. The average molecular weight is 423 g/mol. The van der Waals surface area contributed by atoms with Crippen LogP contribution in [0.15, 0.2) is 47.8 Å². The lowest BCUT2D eigenvalue weighted by Crippen LogP contribution is -2.14. The topological polar surface area (TPSA) is 55.4 Å². The van der Waals surface area contributed by atoms with E-state index in [1.54, 1.807) is 12.1 Å². The van der Waals surface area contributed by atoms with Crippen molar-refractivity contribution in [2.24, 2.45) is 0 Å². The Morgan fingerprint density at radius 2 is 1.76 bits per heavy atom. The second kappa shape index (κ2) is 8.48. The number of carbonyl (C=O) groups excluding carboxylic acids is 2. The molecule has 1 unspecified atom stereocenters. The van der Waals surface area contributed by atoms with E-state index in [-0.39, 0.29) is 5.91 Å². The third-order valence-electron chi connectivity index (χ3n) is 5.24. The van der Waals surface area contributed by atoms with Gasteiger partial charge in [-0.15, -0.1) is 20.6 Å². The van der Waals surface area contributed by atoms with Crippen molar-refractivity contribution in [1.82, 2.24) is 0 Å². The Kier molecular flexibility index (Phi) is 5.79. The van der Waals surface area contributed by atoms with Crippen LogP contribution in [-0.2, 0) is 17.6 Å². The van der Waals surface area contributed by atoms with E-state index in [1.807, 2.05) is 17.5 Å². The van der Waals surface area contributed by atoms with Gasteiger partial charge in [-0.25, -0.2) is 4.79 Å². The van der Waals surface area contributed by atoms with Crippen molar-refractivity contribution < 1.29 is 14.3 Å². The van der Waals surface area contributed by atoms with E-state index in [1.165, 1.54) is 42.4 Å². The van der Waals surface area contributed by atoms with Crippen molar-refractivity contribution in [2.75, 3.05) is 12.4 Å². The van der Waals surface area contributed by atoms with Crippen molar-refractivity contribution in [2.45, 2.75) is 25.7 Å². The molecule has 1 aliphatic rings. The Morgan fingerprint density at radius 1 is 1.03 bits per heavy atom. The van der Waals surface area contributed by atoms with Crippen LogP contribution >= 0.6 is 20.6 Å². The van der Waals surface area contributed by atoms with E-state index in [0.29, 0.717) is 16.1 Å². The molecule has 0 radical (unpaired) electrons. The minimum atomic E-state index is -0.449. The molecule has 0 aliphatic heterocycles. The number of nitrogens with one attached hydrogen (secondary N) is 1. The number of hydrogen-bond acceptors (Lipinski definition) is 4. The van der Waals surface area contributed by atoms with Crippen molar-refractivity contribution in [3.63, 3.8) is 0 Å². The van der Waals surface area contributed by atoms with Crippen LogP contribution in [0.2, 0.25) is 0 Å². The lowest BCUT2D eigenvalue weighted by molar-refractivity contribution is 0.0603. The summed E-state index contributed by atoms with van der Waals surface area (Å²) in [5, 5.41) is 6.31. The van der Waals surface area contributed by atoms with Gasteiger partial charge >= 0.3 is 5.97 Å². The second-order valence-corrected chi connectivity index (χ2v) is 8.66. The van der Waals surface area contributed by atoms with Gasteiger partial charge in [-0.3, -0.25) is 4.79 Å². The number of ether oxygens (including phenoxy) is 1. The van der Waals surface area contributed by atoms with Gasteiger partial charge in [-0.2, -0.15) is 0 Å². The summed E-state index contributed by atoms with van der Waals surface area (Å²) in [5.41, 5.74) is 5.46. The van der Waals surface area contributed by atoms with Crippen molar-refractivity contribution in [3.8, 4) is 11.1 Å². The Morgan fingerprint density at radius 3 is 2.48 bits per heavy atom. The zero-order chi connectivity index (χ0) is 20.4. The maximum atomic E-state index is 12.7. The van der Waals surface area contributed by atoms with Gasteiger partial charge in [0, 0.05) is 16.5 Å². The van der Waals surface area contributed by atoms with Gasteiger partial charge in [-0.05, 0) is 59.8 Å². The first-order valence-electron chi connectivity index (χ1n) is 9.55. The standard InChI is InChI=1S/C23H22NO3PS/c1-27-23(26)20-19(17-7-6-14-4-2-3-5-16(14)12-17)13-29-22(20)24-21(25)15-8-10-18(28)11-9-15/h6-13H,2-5,28H2,1H3,(H,24,25). The van der Waals surface area contributed by atoms with E-state index >= 15 is 0 Å². The molecule has 1 heterocycles. The van der Waals surface area contributed by atoms with Crippen LogP contribution in [0, 0.1) is 0 Å². The zero-order valence-corrected chi connectivity index (χ0v) is 18.1. The average Bonchev–Trinajstić information content (AvgIpc) is 3.16. The highest BCUT2D eigenvalue weighted by atomic mass is 32.1. The molecule has 0 fully saturated rings. The Balaban J connectivity index is 1.69. The van der Waals surface area contributed by atoms with Crippen LogP contribution < -0.4 is 10.6 Å². The molecular formula is C23H22NO3PS. The summed E-state index contributed by atoms with van der Waals surface area (Å²) >= 11 is 1.34. The summed E-state index contributed by atoms with van der Waals surface area (Å²) in [6.07, 6.45) is 4.60. The van der Waals surface area contributed by atoms with Gasteiger partial charge in [0.15, 0.2) is 0 Å². The minimum Gasteiger partial charge on any atom is -0.465 e.